The molecule has 0 aliphatic carbocycles. The van der Waals surface area contributed by atoms with E-state index in [1.807, 2.05) is 6.92 Å². The van der Waals surface area contributed by atoms with Gasteiger partial charge in [-0.3, -0.25) is 9.36 Å². The maximum absolute atomic E-state index is 12.4. The highest BCUT2D eigenvalue weighted by molar-refractivity contribution is 7.61. The molecule has 6 heteroatoms. The lowest BCUT2D eigenvalue weighted by atomic mass is 10.1. The molecule has 0 bridgehead atoms. The van der Waals surface area contributed by atoms with Gasteiger partial charge in [0.2, 0.25) is 5.50 Å². The Morgan fingerprint density at radius 3 is 2.37 bits per heavy atom. The Balaban J connectivity index is 2.87. The summed E-state index contributed by atoms with van der Waals surface area (Å²) < 4.78 is 28.1. The average molecular weight is 288 g/mol. The zero-order valence-corrected chi connectivity index (χ0v) is 12.6. The minimum atomic E-state index is -3.44. The first-order valence-electron chi connectivity index (χ1n) is 6.60. The monoisotopic (exact) mass is 288 g/mol. The van der Waals surface area contributed by atoms with Crippen LogP contribution in [-0.2, 0) is 13.6 Å². The van der Waals surface area contributed by atoms with Crippen LogP contribution in [0.2, 0.25) is 0 Å². The molecule has 0 aliphatic rings. The molecule has 0 amide bonds. The van der Waals surface area contributed by atoms with Gasteiger partial charge < -0.3 is 13.5 Å². The van der Waals surface area contributed by atoms with E-state index in [1.165, 1.54) is 12.1 Å². The van der Waals surface area contributed by atoms with E-state index in [-0.39, 0.29) is 30.3 Å². The fourth-order valence-electron chi connectivity index (χ4n) is 1.59. The van der Waals surface area contributed by atoms with E-state index in [2.05, 4.69) is 0 Å². The summed E-state index contributed by atoms with van der Waals surface area (Å²) in [5.74, 6) is 0.121. The molecule has 0 aromatic carbocycles. The Morgan fingerprint density at radius 2 is 1.84 bits per heavy atom. The van der Waals surface area contributed by atoms with Crippen molar-refractivity contribution in [2.75, 3.05) is 13.2 Å². The fraction of sp³-hybridized carbons (Fsp3) is 0.615. The van der Waals surface area contributed by atoms with Crippen molar-refractivity contribution in [3.05, 3.63) is 17.9 Å². The quantitative estimate of drug-likeness (QED) is 0.513. The molecule has 1 heterocycles. The van der Waals surface area contributed by atoms with Crippen molar-refractivity contribution < 1.29 is 22.8 Å². The van der Waals surface area contributed by atoms with Crippen molar-refractivity contribution in [3.63, 3.8) is 0 Å². The molecule has 1 rings (SSSR count). The lowest BCUT2D eigenvalue weighted by molar-refractivity contribution is 0.0954. The molecule has 0 atom stereocenters. The van der Waals surface area contributed by atoms with Crippen LogP contribution in [0.15, 0.2) is 16.5 Å². The molecule has 0 N–H and O–H groups in total. The topological polar surface area (TPSA) is 65.7 Å². The maximum Gasteiger partial charge on any atom is 0.396 e. The van der Waals surface area contributed by atoms with Gasteiger partial charge >= 0.3 is 7.60 Å². The zero-order chi connectivity index (χ0) is 14.3. The van der Waals surface area contributed by atoms with Gasteiger partial charge in [-0.25, -0.2) is 0 Å². The van der Waals surface area contributed by atoms with E-state index < -0.39 is 7.60 Å². The molecule has 0 spiro atoms. The number of ketones is 1. The lowest BCUT2D eigenvalue weighted by Crippen LogP contribution is -2.09. The first-order chi connectivity index (χ1) is 9.07. The molecular formula is C13H21O5P. The summed E-state index contributed by atoms with van der Waals surface area (Å²) in [7, 11) is -3.44. The van der Waals surface area contributed by atoms with E-state index in [4.69, 9.17) is 13.5 Å². The van der Waals surface area contributed by atoms with Crippen molar-refractivity contribution in [2.24, 2.45) is 0 Å². The predicted molar refractivity (Wildman–Crippen MR) is 73.1 cm³/mol. The third-order valence-electron chi connectivity index (χ3n) is 2.49. The van der Waals surface area contributed by atoms with Crippen molar-refractivity contribution >= 4 is 18.9 Å². The van der Waals surface area contributed by atoms with E-state index >= 15 is 0 Å². The summed E-state index contributed by atoms with van der Waals surface area (Å²) in [6, 6.07) is 3.02. The highest BCUT2D eigenvalue weighted by atomic mass is 31.2. The third-order valence-corrected chi connectivity index (χ3v) is 4.47. The molecule has 1 aromatic heterocycles. The molecule has 1 aromatic rings. The van der Waals surface area contributed by atoms with Crippen molar-refractivity contribution in [1.82, 2.24) is 0 Å². The van der Waals surface area contributed by atoms with Gasteiger partial charge in [-0.2, -0.15) is 0 Å². The van der Waals surface area contributed by atoms with Crippen LogP contribution in [0.1, 0.15) is 50.6 Å². The molecule has 0 unspecified atom stereocenters. The van der Waals surface area contributed by atoms with Gasteiger partial charge in [0.1, 0.15) is 0 Å². The molecule has 108 valence electrons. The average Bonchev–Trinajstić information content (AvgIpc) is 2.87. The summed E-state index contributed by atoms with van der Waals surface area (Å²) in [5, 5.41) is 0. The molecular weight excluding hydrogens is 267 g/mol. The van der Waals surface area contributed by atoms with E-state index in [0.717, 1.165) is 12.8 Å². The molecule has 19 heavy (non-hydrogen) atoms. The fourth-order valence-corrected chi connectivity index (χ4v) is 3.07. The second-order valence-corrected chi connectivity index (χ2v) is 5.95. The Kier molecular flexibility index (Phi) is 6.49. The largest absolute Gasteiger partial charge is 0.445 e. The van der Waals surface area contributed by atoms with Crippen molar-refractivity contribution in [2.45, 2.75) is 40.0 Å². The normalized spacial score (nSPS) is 11.7. The van der Waals surface area contributed by atoms with Gasteiger partial charge in [0.25, 0.3) is 0 Å². The highest BCUT2D eigenvalue weighted by Crippen LogP contribution is 2.47. The molecule has 5 nitrogen and oxygen atoms in total. The Labute approximate surface area is 113 Å². The zero-order valence-electron chi connectivity index (χ0n) is 11.7. The Bertz CT molecular complexity index is 442. The minimum absolute atomic E-state index is 0.0901. The molecule has 0 saturated heterocycles. The summed E-state index contributed by atoms with van der Waals surface area (Å²) in [6.45, 7) is 5.96. The highest BCUT2D eigenvalue weighted by Gasteiger charge is 2.31. The predicted octanol–water partition coefficient (Wildman–Crippen LogP) is 3.54. The number of hydrogen-bond acceptors (Lipinski definition) is 5. The number of unbranched alkanes of at least 4 members (excludes halogenated alkanes) is 1. The Morgan fingerprint density at radius 1 is 1.21 bits per heavy atom. The lowest BCUT2D eigenvalue weighted by Gasteiger charge is -2.13. The van der Waals surface area contributed by atoms with Gasteiger partial charge in [-0.1, -0.05) is 13.3 Å². The van der Waals surface area contributed by atoms with Gasteiger partial charge in [0, 0.05) is 6.42 Å². The molecule has 0 aliphatic heterocycles. The van der Waals surface area contributed by atoms with Gasteiger partial charge in [-0.15, -0.1) is 0 Å². The van der Waals surface area contributed by atoms with Gasteiger partial charge in [-0.05, 0) is 32.4 Å². The number of Topliss-reactive ketones (excluding diaryl/α,β-unsaturated/α-hetero) is 1. The SMILES string of the molecule is CCCCC(=O)c1ccc(P(=O)(OCC)OCC)o1. The third kappa shape index (κ3) is 4.30. The summed E-state index contributed by atoms with van der Waals surface area (Å²) in [6.07, 6.45) is 2.18. The number of hydrogen-bond donors (Lipinski definition) is 0. The second-order valence-electron chi connectivity index (χ2n) is 4.00. The van der Waals surface area contributed by atoms with Crippen LogP contribution < -0.4 is 5.50 Å². The van der Waals surface area contributed by atoms with E-state index in [0.29, 0.717) is 6.42 Å². The van der Waals surface area contributed by atoms with Gasteiger partial charge in [0.05, 0.1) is 13.2 Å². The summed E-state index contributed by atoms with van der Waals surface area (Å²) in [5.41, 5.74) is 0.0936. The summed E-state index contributed by atoms with van der Waals surface area (Å²) >= 11 is 0. The Hall–Kier alpha value is -0.900. The number of carbonyl (C=O) groups is 1. The number of furan rings is 1. The first kappa shape index (κ1) is 16.2. The van der Waals surface area contributed by atoms with Crippen LogP contribution in [0.25, 0.3) is 0 Å². The molecule has 0 fully saturated rings. The van der Waals surface area contributed by atoms with E-state index in [9.17, 15) is 9.36 Å². The van der Waals surface area contributed by atoms with Crippen LogP contribution in [0.5, 0.6) is 0 Å². The number of rotatable bonds is 9. The summed E-state index contributed by atoms with van der Waals surface area (Å²) in [4.78, 5) is 11.8. The van der Waals surface area contributed by atoms with Gasteiger partial charge in [0.15, 0.2) is 11.5 Å². The van der Waals surface area contributed by atoms with Crippen molar-refractivity contribution in [1.29, 1.82) is 0 Å². The second kappa shape index (κ2) is 7.63. The first-order valence-corrected chi connectivity index (χ1v) is 8.14. The van der Waals surface area contributed by atoms with E-state index in [1.54, 1.807) is 13.8 Å². The van der Waals surface area contributed by atoms with Crippen LogP contribution in [-0.4, -0.2) is 19.0 Å². The van der Waals surface area contributed by atoms with Crippen LogP contribution >= 0.6 is 7.60 Å². The van der Waals surface area contributed by atoms with Crippen LogP contribution in [0.3, 0.4) is 0 Å². The molecule has 0 saturated carbocycles. The number of carbonyl (C=O) groups excluding carboxylic acids is 1. The standard InChI is InChI=1S/C13H21O5P/c1-4-7-8-11(14)12-9-10-13(18-12)19(15,16-5-2)17-6-3/h9-10H,4-8H2,1-3H3. The molecule has 0 radical (unpaired) electrons. The van der Waals surface area contributed by atoms with Crippen LogP contribution in [0.4, 0.5) is 0 Å². The minimum Gasteiger partial charge on any atom is -0.445 e. The smallest absolute Gasteiger partial charge is 0.396 e. The van der Waals surface area contributed by atoms with Crippen LogP contribution in [0, 0.1) is 0 Å². The maximum atomic E-state index is 12.4. The van der Waals surface area contributed by atoms with Crippen molar-refractivity contribution in [3.8, 4) is 0 Å².